The van der Waals surface area contributed by atoms with Crippen LogP contribution in [-0.4, -0.2) is 10.1 Å². The number of halogens is 3. The molecule has 0 bridgehead atoms. The van der Waals surface area contributed by atoms with Crippen LogP contribution in [0.1, 0.15) is 1.37 Å². The molecule has 0 amide bonds. The van der Waals surface area contributed by atoms with Crippen LogP contribution in [0.5, 0.6) is 0 Å². The molecule has 0 aliphatic heterocycles. The molecule has 0 aromatic carbocycles. The van der Waals surface area contributed by atoms with Gasteiger partial charge in [0.1, 0.15) is 4.81 Å². The lowest BCUT2D eigenvalue weighted by molar-refractivity contribution is 1.44. The number of hydrogen-bond donors (Lipinski definition) is 0. The largest absolute Gasteiger partial charge is 0.117 e. The van der Waals surface area contributed by atoms with E-state index in [2.05, 4.69) is 15.9 Å². The summed E-state index contributed by atoms with van der Waals surface area (Å²) in [5.74, 6) is 0. The molecule has 0 aromatic rings. The summed E-state index contributed by atoms with van der Waals surface area (Å²) in [6.45, 7) is 0. The normalized spacial score (nSPS) is 14.6. The van der Waals surface area contributed by atoms with Gasteiger partial charge in [-0.15, -0.1) is 23.2 Å². The van der Waals surface area contributed by atoms with Crippen molar-refractivity contribution in [3.63, 3.8) is 0 Å². The van der Waals surface area contributed by atoms with Gasteiger partial charge in [-0.05, 0) is 0 Å². The van der Waals surface area contributed by atoms with Gasteiger partial charge < -0.3 is 0 Å². The van der Waals surface area contributed by atoms with E-state index >= 15 is 0 Å². The maximum atomic E-state index is 6.66. The van der Waals surface area contributed by atoms with Gasteiger partial charge in [-0.3, -0.25) is 0 Å². The Morgan fingerprint density at radius 3 is 2.20 bits per heavy atom. The van der Waals surface area contributed by atoms with Crippen molar-refractivity contribution in [2.45, 2.75) is 4.81 Å². The van der Waals surface area contributed by atoms with Gasteiger partial charge in [0.15, 0.2) is 0 Å². The maximum Gasteiger partial charge on any atom is 0.117 e. The molecule has 0 heterocycles. The lowest BCUT2D eigenvalue weighted by Crippen LogP contribution is -1.81. The van der Waals surface area contributed by atoms with E-state index in [0.29, 0.717) is 0 Å². The topological polar surface area (TPSA) is 0 Å². The first kappa shape index (κ1) is 4.23. The smallest absolute Gasteiger partial charge is 0.104 e. The predicted octanol–water partition coefficient (Wildman–Crippen LogP) is 2.19. The van der Waals surface area contributed by atoms with Gasteiger partial charge in [0, 0.05) is 5.33 Å². The van der Waals surface area contributed by atoms with Gasteiger partial charge in [-0.1, -0.05) is 15.9 Å². The summed E-state index contributed by atoms with van der Waals surface area (Å²) >= 11 is 13.1. The molecule has 0 rings (SSSR count). The average Bonchev–Trinajstić information content (AvgIpc) is 1.35. The minimum absolute atomic E-state index is 0.281. The fourth-order valence-electron chi connectivity index (χ4n) is 0. The van der Waals surface area contributed by atoms with E-state index in [1.807, 2.05) is 0 Å². The molecule has 0 spiro atoms. The Hall–Kier alpha value is 1.06. The second-order valence-electron chi connectivity index (χ2n) is 0.472. The molecule has 0 aromatic heterocycles. The summed E-state index contributed by atoms with van der Waals surface area (Å²) in [6.07, 6.45) is 0. The zero-order valence-corrected chi connectivity index (χ0v) is 5.44. The van der Waals surface area contributed by atoms with Crippen molar-refractivity contribution < 1.29 is 1.37 Å². The van der Waals surface area contributed by atoms with E-state index in [1.165, 1.54) is 0 Å². The van der Waals surface area contributed by atoms with Crippen molar-refractivity contribution in [2.24, 2.45) is 0 Å². The molecule has 0 saturated heterocycles. The first-order chi connectivity index (χ1) is 2.56. The fraction of sp³-hybridized carbons (Fsp3) is 1.00. The highest BCUT2D eigenvalue weighted by Gasteiger charge is 1.88. The van der Waals surface area contributed by atoms with E-state index in [0.717, 1.165) is 0 Å². The van der Waals surface area contributed by atoms with Crippen molar-refractivity contribution in [3.05, 3.63) is 0 Å². The van der Waals surface area contributed by atoms with Crippen LogP contribution in [0.15, 0.2) is 0 Å². The Morgan fingerprint density at radius 1 is 2.00 bits per heavy atom. The minimum atomic E-state index is -1.35. The lowest BCUT2D eigenvalue weighted by Gasteiger charge is -1.82. The molecule has 0 aliphatic carbocycles. The summed E-state index contributed by atoms with van der Waals surface area (Å²) in [5, 5.41) is 0.281. The minimum Gasteiger partial charge on any atom is -0.104 e. The zero-order valence-electron chi connectivity index (χ0n) is 3.34. The third kappa shape index (κ3) is 5.06. The van der Waals surface area contributed by atoms with Crippen molar-refractivity contribution in [1.82, 2.24) is 0 Å². The van der Waals surface area contributed by atoms with Gasteiger partial charge in [0.25, 0.3) is 0 Å². The van der Waals surface area contributed by atoms with Crippen LogP contribution in [0.3, 0.4) is 0 Å². The highest BCUT2D eigenvalue weighted by molar-refractivity contribution is 9.09. The summed E-state index contributed by atoms with van der Waals surface area (Å²) in [7, 11) is 0. The molecule has 0 atom stereocenters. The third-order valence-corrected chi connectivity index (χ3v) is 1.57. The highest BCUT2D eigenvalue weighted by Crippen LogP contribution is 2.02. The molecule has 0 unspecified atom stereocenters. The molecule has 0 fully saturated rings. The molecule has 5 heavy (non-hydrogen) atoms. The van der Waals surface area contributed by atoms with Crippen LogP contribution < -0.4 is 0 Å². The van der Waals surface area contributed by atoms with Gasteiger partial charge in [0.05, 0.1) is 1.37 Å². The summed E-state index contributed by atoms with van der Waals surface area (Å²) in [4.78, 5) is -1.35. The molecule has 0 aliphatic rings. The van der Waals surface area contributed by atoms with Crippen LogP contribution in [0.25, 0.3) is 0 Å². The fourth-order valence-corrected chi connectivity index (χ4v) is 0. The van der Waals surface area contributed by atoms with Gasteiger partial charge in [-0.25, -0.2) is 0 Å². The van der Waals surface area contributed by atoms with Crippen molar-refractivity contribution in [2.75, 3.05) is 5.33 Å². The second-order valence-corrected chi connectivity index (χ2v) is 2.14. The second kappa shape index (κ2) is 3.26. The van der Waals surface area contributed by atoms with E-state index in [9.17, 15) is 0 Å². The highest BCUT2D eigenvalue weighted by atomic mass is 79.9. The van der Waals surface area contributed by atoms with Crippen LogP contribution >= 0.6 is 39.1 Å². The molecular formula is C2H3BrCl2. The first-order valence-electron chi connectivity index (χ1n) is 1.50. The number of alkyl halides is 3. The predicted molar refractivity (Wildman–Crippen MR) is 29.3 cm³/mol. The summed E-state index contributed by atoms with van der Waals surface area (Å²) in [6, 6.07) is 0. The average molecular weight is 179 g/mol. The molecule has 0 N–H and O–H groups in total. The SMILES string of the molecule is [2H]C(Cl)(Cl)CBr. The molecule has 3 heteroatoms. The van der Waals surface area contributed by atoms with Crippen molar-refractivity contribution in [1.29, 1.82) is 0 Å². The van der Waals surface area contributed by atoms with Crippen LogP contribution in [0.2, 0.25) is 0 Å². The van der Waals surface area contributed by atoms with E-state index < -0.39 is 4.81 Å². The van der Waals surface area contributed by atoms with Crippen LogP contribution in [0.4, 0.5) is 0 Å². The third-order valence-electron chi connectivity index (χ3n) is 0.101. The van der Waals surface area contributed by atoms with Crippen LogP contribution in [0, 0.1) is 0 Å². The Balaban J connectivity index is 3.17. The van der Waals surface area contributed by atoms with Crippen molar-refractivity contribution >= 4 is 39.1 Å². The molecule has 0 radical (unpaired) electrons. The Labute approximate surface area is 51.0 Å². The van der Waals surface area contributed by atoms with Crippen LogP contribution in [-0.2, 0) is 0 Å². The standard InChI is InChI=1S/C2H3BrCl2/c3-1-2(4)5/h2H,1H2/i2D. The summed E-state index contributed by atoms with van der Waals surface area (Å²) < 4.78 is 6.66. The Kier molecular flexibility index (Phi) is 2.75. The monoisotopic (exact) mass is 177 g/mol. The molecular weight excluding hydrogens is 175 g/mol. The quantitative estimate of drug-likeness (QED) is 0.541. The summed E-state index contributed by atoms with van der Waals surface area (Å²) in [5.41, 5.74) is 0. The number of rotatable bonds is 1. The molecule has 0 nitrogen and oxygen atoms in total. The van der Waals surface area contributed by atoms with Gasteiger partial charge in [-0.2, -0.15) is 0 Å². The zero-order chi connectivity index (χ0) is 5.21. The first-order valence-corrected chi connectivity index (χ1v) is 2.88. The van der Waals surface area contributed by atoms with Gasteiger partial charge >= 0.3 is 0 Å². The van der Waals surface area contributed by atoms with E-state index in [1.54, 1.807) is 0 Å². The maximum absolute atomic E-state index is 6.66. The van der Waals surface area contributed by atoms with E-state index in [-0.39, 0.29) is 5.33 Å². The van der Waals surface area contributed by atoms with Crippen molar-refractivity contribution in [3.8, 4) is 0 Å². The lowest BCUT2D eigenvalue weighted by atomic mass is 11.0. The molecule has 0 saturated carbocycles. The number of hydrogen-bond acceptors (Lipinski definition) is 0. The molecule has 32 valence electrons. The Bertz CT molecular complexity index is 41.3. The van der Waals surface area contributed by atoms with E-state index in [4.69, 9.17) is 24.6 Å². The Morgan fingerprint density at radius 2 is 2.20 bits per heavy atom. The van der Waals surface area contributed by atoms with Gasteiger partial charge in [0.2, 0.25) is 0 Å².